The number of ether oxygens (including phenoxy) is 2. The summed E-state index contributed by atoms with van der Waals surface area (Å²) < 4.78 is 10.9. The van der Waals surface area contributed by atoms with Gasteiger partial charge >= 0.3 is 5.97 Å². The standard InChI is InChI=1S/C38H54N4O8/c1-9-49-32(45)18-39-36(46)25-13-24(14-27(15-25)41(6)7)28-12-10-11-23(35(28)48-8)19-42-34(33(22(3)44)31(20-43)50-42)37(47)40-30-17-26-16-29(21(30)2)38(26,4)5/h10-15,21-22,26,29-31,33-34,43-44H,9,16-20H2,1-8H3,(H,39,46)(H,40,47)/t21-,22-,26+,29-,30?,31-,33+,34-/m0/s1. The molecule has 2 amide bonds. The second-order valence-corrected chi connectivity index (χ2v) is 14.9. The van der Waals surface area contributed by atoms with Crippen LogP contribution in [0.15, 0.2) is 36.4 Å². The summed E-state index contributed by atoms with van der Waals surface area (Å²) in [4.78, 5) is 47.3. The lowest BCUT2D eigenvalue weighted by Gasteiger charge is -2.62. The van der Waals surface area contributed by atoms with Crippen LogP contribution in [0.4, 0.5) is 5.69 Å². The van der Waals surface area contributed by atoms with E-state index in [0.29, 0.717) is 45.8 Å². The molecule has 6 rings (SSSR count). The van der Waals surface area contributed by atoms with E-state index in [4.69, 9.17) is 14.3 Å². The molecule has 50 heavy (non-hydrogen) atoms. The summed E-state index contributed by atoms with van der Waals surface area (Å²) in [5, 5.41) is 28.7. The molecular weight excluding hydrogens is 640 g/mol. The Hall–Kier alpha value is -3.71. The maximum absolute atomic E-state index is 14.2. The largest absolute Gasteiger partial charge is 0.496 e. The third-order valence-corrected chi connectivity index (χ3v) is 11.4. The maximum Gasteiger partial charge on any atom is 0.325 e. The number of nitrogens with one attached hydrogen (secondary N) is 2. The minimum absolute atomic E-state index is 0.0227. The van der Waals surface area contributed by atoms with Crippen LogP contribution < -0.4 is 20.3 Å². The number of nitrogens with zero attached hydrogens (tertiary/aromatic N) is 2. The molecule has 12 nitrogen and oxygen atoms in total. The van der Waals surface area contributed by atoms with Crippen LogP contribution in [0.5, 0.6) is 5.75 Å². The van der Waals surface area contributed by atoms with Crippen molar-refractivity contribution in [1.29, 1.82) is 0 Å². The average molecular weight is 695 g/mol. The number of amides is 2. The molecule has 1 unspecified atom stereocenters. The van der Waals surface area contributed by atoms with Crippen LogP contribution in [-0.2, 0) is 25.7 Å². The first-order chi connectivity index (χ1) is 23.7. The molecule has 4 fully saturated rings. The monoisotopic (exact) mass is 694 g/mol. The van der Waals surface area contributed by atoms with Crippen LogP contribution in [0.2, 0.25) is 0 Å². The van der Waals surface area contributed by atoms with Crippen molar-refractivity contribution in [1.82, 2.24) is 15.7 Å². The molecule has 0 aromatic heterocycles. The third-order valence-electron chi connectivity index (χ3n) is 11.4. The number of anilines is 1. The van der Waals surface area contributed by atoms with Crippen LogP contribution in [0.25, 0.3) is 11.1 Å². The molecule has 4 N–H and O–H groups in total. The van der Waals surface area contributed by atoms with Crippen molar-refractivity contribution >= 4 is 23.5 Å². The first-order valence-electron chi connectivity index (χ1n) is 17.7. The molecule has 2 aromatic rings. The molecule has 3 saturated carbocycles. The van der Waals surface area contributed by atoms with E-state index in [1.165, 1.54) is 6.42 Å². The van der Waals surface area contributed by atoms with E-state index in [9.17, 15) is 24.6 Å². The highest BCUT2D eigenvalue weighted by Gasteiger charge is 2.57. The Morgan fingerprint density at radius 3 is 2.50 bits per heavy atom. The van der Waals surface area contributed by atoms with Gasteiger partial charge in [0.2, 0.25) is 5.91 Å². The molecule has 0 radical (unpaired) electrons. The van der Waals surface area contributed by atoms with Gasteiger partial charge in [0.25, 0.3) is 5.91 Å². The number of rotatable bonds is 13. The van der Waals surface area contributed by atoms with Crippen LogP contribution in [-0.4, -0.2) is 98.3 Å². The predicted molar refractivity (Wildman–Crippen MR) is 189 cm³/mol. The Kier molecular flexibility index (Phi) is 11.5. The molecular formula is C38H54N4O8. The lowest BCUT2D eigenvalue weighted by molar-refractivity contribution is -0.183. The molecule has 274 valence electrons. The first kappa shape index (κ1) is 37.5. The average Bonchev–Trinajstić information content (AvgIpc) is 3.46. The van der Waals surface area contributed by atoms with Crippen molar-refractivity contribution < 1.29 is 38.9 Å². The van der Waals surface area contributed by atoms with Crippen molar-refractivity contribution in [3.05, 3.63) is 47.5 Å². The van der Waals surface area contributed by atoms with E-state index in [0.717, 1.165) is 12.1 Å². The molecule has 1 saturated heterocycles. The van der Waals surface area contributed by atoms with Crippen molar-refractivity contribution in [3.8, 4) is 16.9 Å². The lowest BCUT2D eigenvalue weighted by atomic mass is 9.45. The Morgan fingerprint density at radius 1 is 1.16 bits per heavy atom. The van der Waals surface area contributed by atoms with E-state index >= 15 is 0 Å². The number of hydrogen-bond donors (Lipinski definition) is 4. The fourth-order valence-corrected chi connectivity index (χ4v) is 8.45. The Labute approximate surface area is 295 Å². The topological polar surface area (TPSA) is 150 Å². The van der Waals surface area contributed by atoms with Gasteiger partial charge in [-0.05, 0) is 73.6 Å². The normalized spacial score (nSPS) is 27.5. The van der Waals surface area contributed by atoms with Crippen molar-refractivity contribution in [3.63, 3.8) is 0 Å². The second kappa shape index (κ2) is 15.3. The highest BCUT2D eigenvalue weighted by Crippen LogP contribution is 2.61. The van der Waals surface area contributed by atoms with Crippen LogP contribution in [0.3, 0.4) is 0 Å². The zero-order valence-electron chi connectivity index (χ0n) is 30.6. The molecule has 2 bridgehead atoms. The van der Waals surface area contributed by atoms with E-state index in [1.807, 2.05) is 43.3 Å². The number of aliphatic hydroxyl groups is 2. The minimum atomic E-state index is -0.917. The van der Waals surface area contributed by atoms with E-state index in [-0.39, 0.29) is 43.7 Å². The predicted octanol–water partition coefficient (Wildman–Crippen LogP) is 3.38. The highest BCUT2D eigenvalue weighted by molar-refractivity contribution is 5.98. The van der Waals surface area contributed by atoms with Gasteiger partial charge in [0.05, 0.1) is 33.0 Å². The number of aliphatic hydroxyl groups excluding tert-OH is 2. The van der Waals surface area contributed by atoms with Crippen LogP contribution in [0, 0.1) is 29.1 Å². The highest BCUT2D eigenvalue weighted by atomic mass is 16.7. The van der Waals surface area contributed by atoms with Gasteiger partial charge in [-0.25, -0.2) is 0 Å². The number of para-hydroxylation sites is 1. The van der Waals surface area contributed by atoms with Crippen molar-refractivity contribution in [2.24, 2.45) is 29.1 Å². The minimum Gasteiger partial charge on any atom is -0.496 e. The van der Waals surface area contributed by atoms with Gasteiger partial charge in [0.15, 0.2) is 0 Å². The molecule has 3 aliphatic carbocycles. The van der Waals surface area contributed by atoms with Gasteiger partial charge in [-0.15, -0.1) is 0 Å². The fourth-order valence-electron chi connectivity index (χ4n) is 8.45. The van der Waals surface area contributed by atoms with Crippen LogP contribution >= 0.6 is 0 Å². The van der Waals surface area contributed by atoms with E-state index in [2.05, 4.69) is 31.4 Å². The summed E-state index contributed by atoms with van der Waals surface area (Å²) in [6.07, 6.45) is 0.412. The number of fused-ring (bicyclic) bond motifs is 2. The van der Waals surface area contributed by atoms with Gasteiger partial charge in [-0.1, -0.05) is 39.0 Å². The number of benzene rings is 2. The molecule has 12 heteroatoms. The van der Waals surface area contributed by atoms with Crippen LogP contribution in [0.1, 0.15) is 63.4 Å². The smallest absolute Gasteiger partial charge is 0.325 e. The van der Waals surface area contributed by atoms with Crippen molar-refractivity contribution in [2.75, 3.05) is 45.9 Å². The molecule has 8 atom stereocenters. The summed E-state index contributed by atoms with van der Waals surface area (Å²) in [6.45, 7) is 9.94. The summed E-state index contributed by atoms with van der Waals surface area (Å²) >= 11 is 0. The number of hydroxylamine groups is 2. The van der Waals surface area contributed by atoms with E-state index < -0.39 is 36.0 Å². The Bertz CT molecular complexity index is 1560. The summed E-state index contributed by atoms with van der Waals surface area (Å²) in [5.74, 6) is 0.109. The SMILES string of the molecule is CCOC(=O)CNC(=O)c1cc(-c2cccc(CN3O[C@@H](CO)[C@@H]([C@H](C)O)[C@H]3C(=O)NC3C[C@H]4C[C@@H]([C@@H]3C)C4(C)C)c2OC)cc(N(C)C)c1. The number of esters is 1. The van der Waals surface area contributed by atoms with Crippen molar-refractivity contribution in [2.45, 2.75) is 78.3 Å². The Balaban J connectivity index is 1.44. The fraction of sp³-hybridized carbons (Fsp3) is 0.605. The van der Waals surface area contributed by atoms with Gasteiger partial charge in [0.1, 0.15) is 24.4 Å². The lowest BCUT2D eigenvalue weighted by Crippen LogP contribution is -2.62. The zero-order chi connectivity index (χ0) is 36.5. The van der Waals surface area contributed by atoms with Gasteiger partial charge in [-0.3, -0.25) is 19.2 Å². The number of hydrogen-bond acceptors (Lipinski definition) is 10. The Morgan fingerprint density at radius 2 is 1.90 bits per heavy atom. The van der Waals surface area contributed by atoms with Gasteiger partial charge in [0, 0.05) is 48.4 Å². The van der Waals surface area contributed by atoms with E-state index in [1.54, 1.807) is 38.2 Å². The first-order valence-corrected chi connectivity index (χ1v) is 17.7. The summed E-state index contributed by atoms with van der Waals surface area (Å²) in [6, 6.07) is 10.2. The number of methoxy groups -OCH3 is 1. The zero-order valence-corrected chi connectivity index (χ0v) is 30.6. The maximum atomic E-state index is 14.2. The number of carbonyl (C=O) groups is 3. The second-order valence-electron chi connectivity index (χ2n) is 14.9. The summed E-state index contributed by atoms with van der Waals surface area (Å²) in [7, 11) is 5.31. The number of carbonyl (C=O) groups excluding carboxylic acids is 3. The molecule has 4 aliphatic rings. The van der Waals surface area contributed by atoms with Gasteiger partial charge < -0.3 is 35.2 Å². The van der Waals surface area contributed by atoms with Gasteiger partial charge in [-0.2, -0.15) is 5.06 Å². The summed E-state index contributed by atoms with van der Waals surface area (Å²) in [5.41, 5.74) is 3.51. The molecule has 1 heterocycles. The third kappa shape index (κ3) is 7.35. The quantitative estimate of drug-likeness (QED) is 0.230. The molecule has 0 spiro atoms. The molecule has 2 aromatic carbocycles. The molecule has 1 aliphatic heterocycles.